The minimum atomic E-state index is -0.601. The summed E-state index contributed by atoms with van der Waals surface area (Å²) in [5, 5.41) is 6.17. The van der Waals surface area contributed by atoms with E-state index in [-0.39, 0.29) is 11.7 Å². The molecule has 0 aliphatic rings. The molecule has 1 atom stereocenters. The van der Waals surface area contributed by atoms with Gasteiger partial charge in [0, 0.05) is 16.9 Å². The van der Waals surface area contributed by atoms with Crippen LogP contribution in [0.25, 0.3) is 0 Å². The van der Waals surface area contributed by atoms with Gasteiger partial charge in [-0.1, -0.05) is 42.5 Å². The standard InChI is InChI=1S/C23H22N2O3/c1-16(26)18-9-6-10-20(15-18)25-23(27)22(17-7-4-3-5-8-17)24-19-11-13-21(28-2)14-12-19/h3-15,22,24H,1-2H3,(H,25,27)/t22-/m0/s1. The number of ketones is 1. The molecule has 0 spiro atoms. The van der Waals surface area contributed by atoms with Gasteiger partial charge in [0.2, 0.25) is 0 Å². The van der Waals surface area contributed by atoms with Gasteiger partial charge in [0.05, 0.1) is 7.11 Å². The van der Waals surface area contributed by atoms with Gasteiger partial charge in [-0.05, 0) is 48.9 Å². The molecule has 0 heterocycles. The lowest BCUT2D eigenvalue weighted by Gasteiger charge is -2.20. The van der Waals surface area contributed by atoms with E-state index in [9.17, 15) is 9.59 Å². The van der Waals surface area contributed by atoms with Crippen molar-refractivity contribution in [3.8, 4) is 5.75 Å². The first-order valence-corrected chi connectivity index (χ1v) is 8.94. The van der Waals surface area contributed by atoms with Crippen molar-refractivity contribution >= 4 is 23.1 Å². The van der Waals surface area contributed by atoms with Crippen LogP contribution in [-0.4, -0.2) is 18.8 Å². The average Bonchev–Trinajstić information content (AvgIpc) is 2.73. The first-order chi connectivity index (χ1) is 13.6. The highest BCUT2D eigenvalue weighted by Crippen LogP contribution is 2.24. The number of Topliss-reactive ketones (excluding diaryl/α,β-unsaturated/α-hetero) is 1. The molecular formula is C23H22N2O3. The molecule has 3 rings (SSSR count). The highest BCUT2D eigenvalue weighted by molar-refractivity contribution is 5.99. The molecule has 5 heteroatoms. The Labute approximate surface area is 164 Å². The van der Waals surface area contributed by atoms with Gasteiger partial charge in [0.25, 0.3) is 5.91 Å². The Balaban J connectivity index is 1.84. The summed E-state index contributed by atoms with van der Waals surface area (Å²) >= 11 is 0. The maximum atomic E-state index is 13.0. The molecule has 0 bridgehead atoms. The normalized spacial score (nSPS) is 11.4. The number of carbonyl (C=O) groups is 2. The molecule has 0 fully saturated rings. The lowest BCUT2D eigenvalue weighted by molar-refractivity contribution is -0.117. The molecule has 3 aromatic carbocycles. The van der Waals surface area contributed by atoms with E-state index in [1.807, 2.05) is 54.6 Å². The van der Waals surface area contributed by atoms with Crippen LogP contribution in [0.5, 0.6) is 5.75 Å². The molecule has 0 radical (unpaired) electrons. The largest absolute Gasteiger partial charge is 0.497 e. The van der Waals surface area contributed by atoms with Crippen LogP contribution in [0.1, 0.15) is 28.9 Å². The third kappa shape index (κ3) is 4.76. The highest BCUT2D eigenvalue weighted by Gasteiger charge is 2.21. The summed E-state index contributed by atoms with van der Waals surface area (Å²) in [5.41, 5.74) is 2.76. The first kappa shape index (κ1) is 19.2. The van der Waals surface area contributed by atoms with Crippen LogP contribution in [-0.2, 0) is 4.79 Å². The van der Waals surface area contributed by atoms with Crippen molar-refractivity contribution < 1.29 is 14.3 Å². The number of hydrogen-bond donors (Lipinski definition) is 2. The third-order valence-corrected chi connectivity index (χ3v) is 4.33. The second-order valence-corrected chi connectivity index (χ2v) is 6.34. The van der Waals surface area contributed by atoms with Crippen LogP contribution in [0.3, 0.4) is 0 Å². The summed E-state index contributed by atoms with van der Waals surface area (Å²) in [7, 11) is 1.61. The van der Waals surface area contributed by atoms with Crippen LogP contribution < -0.4 is 15.4 Å². The molecule has 0 aliphatic carbocycles. The number of methoxy groups -OCH3 is 1. The molecule has 2 N–H and O–H groups in total. The van der Waals surface area contributed by atoms with Crippen molar-refractivity contribution in [2.45, 2.75) is 13.0 Å². The molecule has 0 unspecified atom stereocenters. The number of amides is 1. The lowest BCUT2D eigenvalue weighted by atomic mass is 10.0. The van der Waals surface area contributed by atoms with Gasteiger partial charge in [0.1, 0.15) is 11.8 Å². The van der Waals surface area contributed by atoms with E-state index in [2.05, 4.69) is 10.6 Å². The number of benzene rings is 3. The van der Waals surface area contributed by atoms with Crippen molar-refractivity contribution in [2.75, 3.05) is 17.7 Å². The Hall–Kier alpha value is -3.60. The SMILES string of the molecule is COc1ccc(N[C@H](C(=O)Nc2cccc(C(C)=O)c2)c2ccccc2)cc1. The molecule has 0 aliphatic heterocycles. The highest BCUT2D eigenvalue weighted by atomic mass is 16.5. The van der Waals surface area contributed by atoms with Gasteiger partial charge in [-0.2, -0.15) is 0 Å². The van der Waals surface area contributed by atoms with E-state index < -0.39 is 6.04 Å². The minimum absolute atomic E-state index is 0.0490. The molecule has 142 valence electrons. The lowest BCUT2D eigenvalue weighted by Crippen LogP contribution is -2.27. The van der Waals surface area contributed by atoms with E-state index in [4.69, 9.17) is 4.74 Å². The topological polar surface area (TPSA) is 67.4 Å². The van der Waals surface area contributed by atoms with Gasteiger partial charge in [-0.3, -0.25) is 9.59 Å². The first-order valence-electron chi connectivity index (χ1n) is 8.94. The number of hydrogen-bond acceptors (Lipinski definition) is 4. The smallest absolute Gasteiger partial charge is 0.251 e. The predicted molar refractivity (Wildman–Crippen MR) is 111 cm³/mol. The van der Waals surface area contributed by atoms with Crippen molar-refractivity contribution in [3.05, 3.63) is 90.0 Å². The second-order valence-electron chi connectivity index (χ2n) is 6.34. The van der Waals surface area contributed by atoms with Crippen molar-refractivity contribution in [2.24, 2.45) is 0 Å². The Morgan fingerprint density at radius 1 is 0.857 bits per heavy atom. The summed E-state index contributed by atoms with van der Waals surface area (Å²) in [6.07, 6.45) is 0. The maximum Gasteiger partial charge on any atom is 0.251 e. The molecule has 1 amide bonds. The zero-order valence-corrected chi connectivity index (χ0v) is 15.8. The summed E-state index contributed by atoms with van der Waals surface area (Å²) in [5.74, 6) is 0.474. The number of anilines is 2. The monoisotopic (exact) mass is 374 g/mol. The van der Waals surface area contributed by atoms with Crippen molar-refractivity contribution in [1.82, 2.24) is 0 Å². The average molecular weight is 374 g/mol. The van der Waals surface area contributed by atoms with Gasteiger partial charge in [-0.25, -0.2) is 0 Å². The van der Waals surface area contributed by atoms with Gasteiger partial charge in [0.15, 0.2) is 5.78 Å². The number of rotatable bonds is 7. The molecular weight excluding hydrogens is 352 g/mol. The zero-order chi connectivity index (χ0) is 19.9. The number of nitrogens with one attached hydrogen (secondary N) is 2. The second kappa shape index (κ2) is 8.86. The van der Waals surface area contributed by atoms with Gasteiger partial charge < -0.3 is 15.4 Å². The van der Waals surface area contributed by atoms with E-state index >= 15 is 0 Å². The maximum absolute atomic E-state index is 13.0. The molecule has 3 aromatic rings. The van der Waals surface area contributed by atoms with Crippen LogP contribution in [0, 0.1) is 0 Å². The van der Waals surface area contributed by atoms with E-state index in [1.54, 1.807) is 31.4 Å². The number of ether oxygens (including phenoxy) is 1. The van der Waals surface area contributed by atoms with Gasteiger partial charge >= 0.3 is 0 Å². The Kier molecular flexibility index (Phi) is 6.07. The van der Waals surface area contributed by atoms with Crippen molar-refractivity contribution in [1.29, 1.82) is 0 Å². The zero-order valence-electron chi connectivity index (χ0n) is 15.8. The fraction of sp³-hybridized carbons (Fsp3) is 0.130. The molecule has 0 saturated carbocycles. The Morgan fingerprint density at radius 2 is 1.57 bits per heavy atom. The van der Waals surface area contributed by atoms with Crippen LogP contribution in [0.15, 0.2) is 78.9 Å². The summed E-state index contributed by atoms with van der Waals surface area (Å²) in [6, 6.07) is 23.2. The minimum Gasteiger partial charge on any atom is -0.497 e. The molecule has 0 saturated heterocycles. The number of carbonyl (C=O) groups excluding carboxylic acids is 2. The summed E-state index contributed by atoms with van der Waals surface area (Å²) < 4.78 is 5.18. The summed E-state index contributed by atoms with van der Waals surface area (Å²) in [6.45, 7) is 1.50. The van der Waals surface area contributed by atoms with Crippen LogP contribution in [0.2, 0.25) is 0 Å². The van der Waals surface area contributed by atoms with Crippen LogP contribution >= 0.6 is 0 Å². The van der Waals surface area contributed by atoms with E-state index in [1.165, 1.54) is 6.92 Å². The molecule has 28 heavy (non-hydrogen) atoms. The Morgan fingerprint density at radius 3 is 2.21 bits per heavy atom. The van der Waals surface area contributed by atoms with Crippen molar-refractivity contribution in [3.63, 3.8) is 0 Å². The molecule has 5 nitrogen and oxygen atoms in total. The fourth-order valence-electron chi connectivity index (χ4n) is 2.83. The fourth-order valence-corrected chi connectivity index (χ4v) is 2.83. The van der Waals surface area contributed by atoms with E-state index in [0.717, 1.165) is 17.0 Å². The van der Waals surface area contributed by atoms with Crippen LogP contribution in [0.4, 0.5) is 11.4 Å². The summed E-state index contributed by atoms with van der Waals surface area (Å²) in [4.78, 5) is 24.6. The quantitative estimate of drug-likeness (QED) is 0.589. The van der Waals surface area contributed by atoms with E-state index in [0.29, 0.717) is 11.3 Å². The van der Waals surface area contributed by atoms with Gasteiger partial charge in [-0.15, -0.1) is 0 Å². The Bertz CT molecular complexity index is 953. The third-order valence-electron chi connectivity index (χ3n) is 4.33. The molecule has 0 aromatic heterocycles. The predicted octanol–water partition coefficient (Wildman–Crippen LogP) is 4.69.